The molecule has 13 heteroatoms. The molecule has 2 rings (SSSR count). The number of ether oxygens (including phenoxy) is 1. The van der Waals surface area contributed by atoms with E-state index in [9.17, 15) is 40.5 Å². The van der Waals surface area contributed by atoms with Gasteiger partial charge in [0, 0.05) is 12.1 Å². The molecule has 0 aromatic heterocycles. The summed E-state index contributed by atoms with van der Waals surface area (Å²) in [5, 5.41) is 46.5. The molecule has 0 fully saturated rings. The Morgan fingerprint density at radius 3 is 1.24 bits per heavy atom. The second kappa shape index (κ2) is 17.0. The standard InChI is InChI=1S/C28H38N4O9/c1-3-5-7-9-11-13-27(23-17-15-21(29(33)34)19-25(23)31(37)38)41-28(14-12-10-8-6-4-2)24-18-16-22(30(35)36)20-26(24)32(39)40/h15-20,27-28H,3-14H2,1-2H3. The first-order valence-electron chi connectivity index (χ1n) is 14.1. The number of nitro benzene ring substituents is 4. The fourth-order valence-electron chi connectivity index (χ4n) is 4.81. The second-order valence-corrected chi connectivity index (χ2v) is 10.0. The molecule has 0 saturated carbocycles. The van der Waals surface area contributed by atoms with Gasteiger partial charge in [0.2, 0.25) is 0 Å². The van der Waals surface area contributed by atoms with Gasteiger partial charge in [0.05, 0.1) is 55.2 Å². The molecule has 0 N–H and O–H groups in total. The van der Waals surface area contributed by atoms with Crippen molar-refractivity contribution in [1.82, 2.24) is 0 Å². The van der Waals surface area contributed by atoms with Crippen molar-refractivity contribution >= 4 is 22.7 Å². The highest BCUT2D eigenvalue weighted by Crippen LogP contribution is 2.41. The first kappa shape index (κ1) is 33.2. The van der Waals surface area contributed by atoms with Gasteiger partial charge in [0.15, 0.2) is 0 Å². The summed E-state index contributed by atoms with van der Waals surface area (Å²) in [4.78, 5) is 43.7. The van der Waals surface area contributed by atoms with Crippen molar-refractivity contribution in [3.8, 4) is 0 Å². The summed E-state index contributed by atoms with van der Waals surface area (Å²) in [5.74, 6) is 0. The summed E-state index contributed by atoms with van der Waals surface area (Å²) in [5.41, 5.74) is -1.48. The zero-order valence-corrected chi connectivity index (χ0v) is 23.6. The van der Waals surface area contributed by atoms with E-state index in [1.54, 1.807) is 0 Å². The maximum absolute atomic E-state index is 12.0. The largest absolute Gasteiger partial charge is 0.365 e. The van der Waals surface area contributed by atoms with E-state index >= 15 is 0 Å². The molecule has 0 aliphatic rings. The quantitative estimate of drug-likeness (QED) is 0.0846. The van der Waals surface area contributed by atoms with Crippen LogP contribution in [-0.4, -0.2) is 19.7 Å². The van der Waals surface area contributed by atoms with E-state index < -0.39 is 54.7 Å². The number of nitrogens with zero attached hydrogens (tertiary/aromatic N) is 4. The molecule has 0 aliphatic heterocycles. The molecular weight excluding hydrogens is 536 g/mol. The van der Waals surface area contributed by atoms with Crippen molar-refractivity contribution in [2.24, 2.45) is 0 Å². The van der Waals surface area contributed by atoms with Crippen LogP contribution in [0.15, 0.2) is 36.4 Å². The van der Waals surface area contributed by atoms with Crippen LogP contribution in [0, 0.1) is 40.5 Å². The van der Waals surface area contributed by atoms with Crippen LogP contribution in [0.1, 0.15) is 114 Å². The van der Waals surface area contributed by atoms with E-state index in [0.29, 0.717) is 25.7 Å². The van der Waals surface area contributed by atoms with Gasteiger partial charge in [-0.25, -0.2) is 0 Å². The van der Waals surface area contributed by atoms with Crippen molar-refractivity contribution in [1.29, 1.82) is 0 Å². The van der Waals surface area contributed by atoms with Crippen LogP contribution in [0.3, 0.4) is 0 Å². The molecule has 0 radical (unpaired) electrons. The number of nitro groups is 4. The number of benzene rings is 2. The van der Waals surface area contributed by atoms with E-state index in [2.05, 4.69) is 13.8 Å². The Labute approximate surface area is 238 Å². The molecule has 224 valence electrons. The minimum absolute atomic E-state index is 0.150. The molecular formula is C28H38N4O9. The van der Waals surface area contributed by atoms with Crippen molar-refractivity contribution in [2.75, 3.05) is 0 Å². The lowest BCUT2D eigenvalue weighted by Gasteiger charge is -2.26. The van der Waals surface area contributed by atoms with Crippen LogP contribution >= 0.6 is 0 Å². The number of unbranched alkanes of at least 4 members (excludes halogenated alkanes) is 8. The summed E-state index contributed by atoms with van der Waals surface area (Å²) in [6, 6.07) is 6.80. The number of rotatable bonds is 20. The topological polar surface area (TPSA) is 182 Å². The first-order valence-corrected chi connectivity index (χ1v) is 14.1. The fourth-order valence-corrected chi connectivity index (χ4v) is 4.81. The van der Waals surface area contributed by atoms with Crippen molar-refractivity contribution in [3.63, 3.8) is 0 Å². The predicted molar refractivity (Wildman–Crippen MR) is 153 cm³/mol. The van der Waals surface area contributed by atoms with Gasteiger partial charge in [-0.15, -0.1) is 0 Å². The van der Waals surface area contributed by atoms with Crippen LogP contribution in [0.5, 0.6) is 0 Å². The zero-order valence-electron chi connectivity index (χ0n) is 23.6. The van der Waals surface area contributed by atoms with Crippen LogP contribution in [-0.2, 0) is 4.74 Å². The van der Waals surface area contributed by atoms with Gasteiger partial charge in [0.1, 0.15) is 0 Å². The summed E-state index contributed by atoms with van der Waals surface area (Å²) in [6.45, 7) is 4.16. The number of hydrogen-bond donors (Lipinski definition) is 0. The van der Waals surface area contributed by atoms with Gasteiger partial charge >= 0.3 is 0 Å². The van der Waals surface area contributed by atoms with E-state index in [0.717, 1.165) is 63.5 Å². The lowest BCUT2D eigenvalue weighted by Crippen LogP contribution is -2.14. The van der Waals surface area contributed by atoms with Gasteiger partial charge in [-0.05, 0) is 25.0 Å². The van der Waals surface area contributed by atoms with E-state index in [-0.39, 0.29) is 11.1 Å². The highest BCUT2D eigenvalue weighted by molar-refractivity contribution is 5.51. The third-order valence-corrected chi connectivity index (χ3v) is 7.01. The molecule has 2 aromatic rings. The van der Waals surface area contributed by atoms with Crippen molar-refractivity contribution < 1.29 is 24.4 Å². The Kier molecular flexibility index (Phi) is 13.7. The first-order chi connectivity index (χ1) is 19.6. The SMILES string of the molecule is CCCCCCCC(OC(CCCCCCC)c1ccc([N+](=O)[O-])cc1[N+](=O)[O-])c1ccc([N+](=O)[O-])cc1[N+](=O)[O-]. The highest BCUT2D eigenvalue weighted by Gasteiger charge is 2.32. The minimum Gasteiger partial charge on any atom is -0.365 e. The number of hydrogen-bond acceptors (Lipinski definition) is 9. The smallest absolute Gasteiger partial charge is 0.282 e. The molecule has 41 heavy (non-hydrogen) atoms. The number of non-ortho nitro benzene ring substituents is 2. The molecule has 0 amide bonds. The lowest BCUT2D eigenvalue weighted by molar-refractivity contribution is -0.395. The average molecular weight is 575 g/mol. The van der Waals surface area contributed by atoms with E-state index in [1.165, 1.54) is 24.3 Å². The molecule has 13 nitrogen and oxygen atoms in total. The van der Waals surface area contributed by atoms with Gasteiger partial charge in [-0.3, -0.25) is 40.5 Å². The van der Waals surface area contributed by atoms with Crippen LogP contribution < -0.4 is 0 Å². The predicted octanol–water partition coefficient (Wildman–Crippen LogP) is 8.84. The van der Waals surface area contributed by atoms with E-state index in [1.807, 2.05) is 0 Å². The van der Waals surface area contributed by atoms with Gasteiger partial charge in [-0.1, -0.05) is 78.1 Å². The monoisotopic (exact) mass is 574 g/mol. The third-order valence-electron chi connectivity index (χ3n) is 7.01. The summed E-state index contributed by atoms with van der Waals surface area (Å²) in [6.07, 6.45) is 7.97. The average Bonchev–Trinajstić information content (AvgIpc) is 2.94. The highest BCUT2D eigenvalue weighted by atomic mass is 16.6. The normalized spacial score (nSPS) is 12.5. The van der Waals surface area contributed by atoms with Crippen molar-refractivity contribution in [3.05, 3.63) is 88.0 Å². The Bertz CT molecular complexity index is 1110. The summed E-state index contributed by atoms with van der Waals surface area (Å²) >= 11 is 0. The molecule has 2 aromatic carbocycles. The zero-order chi connectivity index (χ0) is 30.4. The Morgan fingerprint density at radius 2 is 0.927 bits per heavy atom. The van der Waals surface area contributed by atoms with Crippen molar-refractivity contribution in [2.45, 2.75) is 103 Å². The summed E-state index contributed by atoms with van der Waals surface area (Å²) in [7, 11) is 0. The third kappa shape index (κ3) is 10.2. The lowest BCUT2D eigenvalue weighted by atomic mass is 9.97. The minimum atomic E-state index is -0.881. The molecule has 0 aliphatic carbocycles. The van der Waals surface area contributed by atoms with Crippen LogP contribution in [0.25, 0.3) is 0 Å². The Balaban J connectivity index is 2.55. The molecule has 0 heterocycles. The molecule has 0 bridgehead atoms. The summed E-state index contributed by atoms with van der Waals surface area (Å²) < 4.78 is 6.47. The Hall–Kier alpha value is -4.00. The Morgan fingerprint density at radius 1 is 0.561 bits per heavy atom. The molecule has 2 unspecified atom stereocenters. The maximum Gasteiger partial charge on any atom is 0.282 e. The molecule has 2 atom stereocenters. The molecule has 0 saturated heterocycles. The molecule has 0 spiro atoms. The second-order valence-electron chi connectivity index (χ2n) is 10.0. The maximum atomic E-state index is 12.0. The van der Waals surface area contributed by atoms with Gasteiger partial charge < -0.3 is 4.74 Å². The van der Waals surface area contributed by atoms with Gasteiger partial charge in [0.25, 0.3) is 22.7 Å². The van der Waals surface area contributed by atoms with E-state index in [4.69, 9.17) is 4.74 Å². The van der Waals surface area contributed by atoms with Gasteiger partial charge in [-0.2, -0.15) is 0 Å². The van der Waals surface area contributed by atoms with Crippen LogP contribution in [0.4, 0.5) is 22.7 Å². The van der Waals surface area contributed by atoms with Crippen LogP contribution in [0.2, 0.25) is 0 Å². The fraction of sp³-hybridized carbons (Fsp3) is 0.571.